The van der Waals surface area contributed by atoms with E-state index in [1.54, 1.807) is 0 Å². The van der Waals surface area contributed by atoms with Crippen molar-refractivity contribution in [2.45, 2.75) is 4.90 Å². The van der Waals surface area contributed by atoms with E-state index in [1.807, 2.05) is 0 Å². The third-order valence-corrected chi connectivity index (χ3v) is 6.65. The van der Waals surface area contributed by atoms with Crippen LogP contribution in [0, 0.1) is 0 Å². The third kappa shape index (κ3) is 5.55. The van der Waals surface area contributed by atoms with Gasteiger partial charge in [0.1, 0.15) is 10.6 Å². The van der Waals surface area contributed by atoms with Crippen molar-refractivity contribution in [3.63, 3.8) is 0 Å². The van der Waals surface area contributed by atoms with E-state index in [4.69, 9.17) is 44.3 Å². The Labute approximate surface area is 188 Å². The van der Waals surface area contributed by atoms with Crippen LogP contribution in [0.5, 0.6) is 5.75 Å². The molecule has 12 heteroatoms. The van der Waals surface area contributed by atoms with Crippen LogP contribution in [-0.2, 0) is 19.6 Å². The van der Waals surface area contributed by atoms with Gasteiger partial charge < -0.3 is 14.8 Å². The number of anilines is 1. The molecule has 0 atom stereocenters. The lowest BCUT2D eigenvalue weighted by Gasteiger charge is -2.15. The van der Waals surface area contributed by atoms with E-state index < -0.39 is 28.5 Å². The van der Waals surface area contributed by atoms with Crippen molar-refractivity contribution in [1.82, 2.24) is 4.31 Å². The van der Waals surface area contributed by atoms with E-state index in [0.717, 1.165) is 10.4 Å². The normalized spacial score (nSPS) is 11.3. The number of nitrogens with zero attached hydrogens (tertiary/aromatic N) is 1. The third-order valence-electron chi connectivity index (χ3n) is 3.78. The Morgan fingerprint density at radius 1 is 1.03 bits per heavy atom. The van der Waals surface area contributed by atoms with Crippen LogP contribution >= 0.6 is 34.8 Å². The fraction of sp³-hybridized carbons (Fsp3) is 0.222. The second-order valence-electron chi connectivity index (χ2n) is 6.02. The van der Waals surface area contributed by atoms with E-state index in [2.05, 4.69) is 5.32 Å². The number of rotatable bonds is 7. The lowest BCUT2D eigenvalue weighted by molar-refractivity contribution is -0.119. The maximum Gasteiger partial charge on any atom is 0.338 e. The van der Waals surface area contributed by atoms with Crippen LogP contribution in [0.2, 0.25) is 15.1 Å². The van der Waals surface area contributed by atoms with Gasteiger partial charge in [0.15, 0.2) is 6.61 Å². The predicted molar refractivity (Wildman–Crippen MR) is 114 cm³/mol. The van der Waals surface area contributed by atoms with Gasteiger partial charge in [0.2, 0.25) is 10.0 Å². The van der Waals surface area contributed by atoms with E-state index in [0.29, 0.717) is 0 Å². The number of halogens is 3. The number of sulfonamides is 1. The average molecular weight is 496 g/mol. The number of nitrogens with one attached hydrogen (secondary N) is 1. The van der Waals surface area contributed by atoms with Crippen LogP contribution in [0.4, 0.5) is 5.69 Å². The van der Waals surface area contributed by atoms with Gasteiger partial charge in [-0.2, -0.15) is 0 Å². The highest BCUT2D eigenvalue weighted by molar-refractivity contribution is 7.89. The number of methoxy groups -OCH3 is 1. The number of carbonyl (C=O) groups excluding carboxylic acids is 2. The summed E-state index contributed by atoms with van der Waals surface area (Å²) in [5, 5.41) is 2.99. The fourth-order valence-corrected chi connectivity index (χ4v) is 3.89. The van der Waals surface area contributed by atoms with Crippen molar-refractivity contribution in [2.75, 3.05) is 33.1 Å². The molecule has 0 aliphatic carbocycles. The molecule has 2 aromatic rings. The first kappa shape index (κ1) is 24.2. The quantitative estimate of drug-likeness (QED) is 0.464. The molecule has 0 aliphatic rings. The Bertz CT molecular complexity index is 1090. The highest BCUT2D eigenvalue weighted by Gasteiger charge is 2.24. The minimum absolute atomic E-state index is 0.0623. The summed E-state index contributed by atoms with van der Waals surface area (Å²) < 4.78 is 35.9. The maximum absolute atomic E-state index is 12.4. The smallest absolute Gasteiger partial charge is 0.338 e. The lowest BCUT2D eigenvalue weighted by Crippen LogP contribution is -2.24. The topological polar surface area (TPSA) is 102 Å². The Hall–Kier alpha value is -2.04. The molecule has 0 unspecified atom stereocenters. The zero-order valence-corrected chi connectivity index (χ0v) is 19.1. The van der Waals surface area contributed by atoms with Crippen LogP contribution < -0.4 is 10.1 Å². The van der Waals surface area contributed by atoms with E-state index in [-0.39, 0.29) is 37.0 Å². The zero-order chi connectivity index (χ0) is 22.6. The molecule has 2 aromatic carbocycles. The molecule has 0 radical (unpaired) electrons. The van der Waals surface area contributed by atoms with Crippen molar-refractivity contribution in [3.8, 4) is 5.75 Å². The Morgan fingerprint density at radius 3 is 2.27 bits per heavy atom. The lowest BCUT2D eigenvalue weighted by atomic mass is 10.2. The SMILES string of the molecule is COc1ccc(C(=O)OCC(=O)Nc2cc(Cl)c(Cl)cc2Cl)cc1S(=O)(=O)N(C)C. The molecule has 0 aromatic heterocycles. The first-order chi connectivity index (χ1) is 14.0. The summed E-state index contributed by atoms with van der Waals surface area (Å²) in [5.41, 5.74) is 0.118. The maximum atomic E-state index is 12.4. The van der Waals surface area contributed by atoms with Gasteiger partial charge in [-0.1, -0.05) is 34.8 Å². The minimum atomic E-state index is -3.88. The molecule has 0 fully saturated rings. The van der Waals surface area contributed by atoms with Gasteiger partial charge in [0, 0.05) is 14.1 Å². The molecule has 0 saturated carbocycles. The van der Waals surface area contributed by atoms with Crippen molar-refractivity contribution in [1.29, 1.82) is 0 Å². The van der Waals surface area contributed by atoms with Gasteiger partial charge >= 0.3 is 5.97 Å². The molecule has 0 spiro atoms. The summed E-state index contributed by atoms with van der Waals surface area (Å²) in [6.07, 6.45) is 0. The summed E-state index contributed by atoms with van der Waals surface area (Å²) in [4.78, 5) is 24.2. The Morgan fingerprint density at radius 2 is 1.67 bits per heavy atom. The first-order valence-electron chi connectivity index (χ1n) is 8.19. The number of amides is 1. The summed E-state index contributed by atoms with van der Waals surface area (Å²) in [7, 11) is 0.120. The molecule has 1 N–H and O–H groups in total. The summed E-state index contributed by atoms with van der Waals surface area (Å²) in [6.45, 7) is -0.642. The van der Waals surface area contributed by atoms with E-state index in [1.165, 1.54) is 45.5 Å². The van der Waals surface area contributed by atoms with Gasteiger partial charge in [0.05, 0.1) is 33.4 Å². The highest BCUT2D eigenvalue weighted by atomic mass is 35.5. The number of benzene rings is 2. The van der Waals surface area contributed by atoms with Crippen molar-refractivity contribution in [3.05, 3.63) is 51.0 Å². The van der Waals surface area contributed by atoms with Crippen LogP contribution in [-0.4, -0.2) is 52.4 Å². The molecular weight excluding hydrogens is 479 g/mol. The standard InChI is InChI=1S/C18H17Cl3N2O6S/c1-23(2)30(26,27)16-6-10(4-5-15(16)28-3)18(25)29-9-17(24)22-14-8-12(20)11(19)7-13(14)21/h4-8H,9H2,1-3H3,(H,22,24). The van der Waals surface area contributed by atoms with Crippen LogP contribution in [0.25, 0.3) is 0 Å². The van der Waals surface area contributed by atoms with Gasteiger partial charge in [-0.3, -0.25) is 4.79 Å². The first-order valence-corrected chi connectivity index (χ1v) is 10.8. The predicted octanol–water partition coefficient (Wildman–Crippen LogP) is 3.70. The van der Waals surface area contributed by atoms with E-state index in [9.17, 15) is 18.0 Å². The molecule has 162 valence electrons. The van der Waals surface area contributed by atoms with Crippen LogP contribution in [0.1, 0.15) is 10.4 Å². The monoisotopic (exact) mass is 494 g/mol. The number of ether oxygens (including phenoxy) is 2. The second-order valence-corrected chi connectivity index (χ2v) is 9.37. The van der Waals surface area contributed by atoms with Crippen LogP contribution in [0.3, 0.4) is 0 Å². The average Bonchev–Trinajstić information content (AvgIpc) is 2.69. The van der Waals surface area contributed by atoms with Crippen molar-refractivity contribution >= 4 is 62.4 Å². The summed E-state index contributed by atoms with van der Waals surface area (Å²) in [5.74, 6) is -1.52. The minimum Gasteiger partial charge on any atom is -0.495 e. The number of hydrogen-bond donors (Lipinski definition) is 1. The molecule has 0 aliphatic heterocycles. The second kappa shape index (κ2) is 9.84. The summed E-state index contributed by atoms with van der Waals surface area (Å²) in [6, 6.07) is 6.47. The van der Waals surface area contributed by atoms with Crippen LogP contribution in [0.15, 0.2) is 35.2 Å². The zero-order valence-electron chi connectivity index (χ0n) is 16.0. The number of carbonyl (C=O) groups is 2. The molecule has 0 saturated heterocycles. The van der Waals surface area contributed by atoms with E-state index >= 15 is 0 Å². The van der Waals surface area contributed by atoms with Crippen molar-refractivity contribution < 1.29 is 27.5 Å². The molecule has 0 bridgehead atoms. The Kier molecular flexibility index (Phi) is 7.95. The molecule has 1 amide bonds. The number of esters is 1. The Balaban J connectivity index is 2.13. The molecule has 8 nitrogen and oxygen atoms in total. The number of hydrogen-bond acceptors (Lipinski definition) is 6. The van der Waals surface area contributed by atoms with Crippen molar-refractivity contribution in [2.24, 2.45) is 0 Å². The summed E-state index contributed by atoms with van der Waals surface area (Å²) >= 11 is 17.7. The largest absolute Gasteiger partial charge is 0.495 e. The van der Waals surface area contributed by atoms with Gasteiger partial charge in [-0.25, -0.2) is 17.5 Å². The fourth-order valence-electron chi connectivity index (χ4n) is 2.22. The van der Waals surface area contributed by atoms with Gasteiger partial charge in [-0.05, 0) is 30.3 Å². The van der Waals surface area contributed by atoms with Gasteiger partial charge in [-0.15, -0.1) is 0 Å². The molecule has 30 heavy (non-hydrogen) atoms. The molecular formula is C18H17Cl3N2O6S. The highest BCUT2D eigenvalue weighted by Crippen LogP contribution is 2.32. The molecule has 2 rings (SSSR count). The van der Waals surface area contributed by atoms with Gasteiger partial charge in [0.25, 0.3) is 5.91 Å². The molecule has 0 heterocycles.